The zero-order valence-corrected chi connectivity index (χ0v) is 34.7. The predicted octanol–water partition coefficient (Wildman–Crippen LogP) is 15.3. The molecule has 0 aliphatic rings. The van der Waals surface area contributed by atoms with Gasteiger partial charge in [0.05, 0.1) is 39.1 Å². The summed E-state index contributed by atoms with van der Waals surface area (Å²) in [6.45, 7) is 2.15. The minimum atomic E-state index is 0.673. The molecule has 3 aromatic heterocycles. The van der Waals surface area contributed by atoms with Crippen LogP contribution in [0, 0.1) is 6.92 Å². The Morgan fingerprint density at radius 2 is 0.825 bits per heavy atom. The average molecular weight is 805 g/mol. The van der Waals surface area contributed by atoms with Crippen molar-refractivity contribution in [3.63, 3.8) is 0 Å². The van der Waals surface area contributed by atoms with Gasteiger partial charge in [0.1, 0.15) is 0 Å². The number of fused-ring (bicyclic) bond motifs is 6. The van der Waals surface area contributed by atoms with E-state index in [1.165, 1.54) is 49.3 Å². The molecule has 0 unspecified atom stereocenters. The molecule has 4 nitrogen and oxygen atoms in total. The highest BCUT2D eigenvalue weighted by Gasteiger charge is 2.20. The van der Waals surface area contributed by atoms with Gasteiger partial charge in [-0.1, -0.05) is 163 Å². The van der Waals surface area contributed by atoms with Crippen LogP contribution in [0.15, 0.2) is 224 Å². The van der Waals surface area contributed by atoms with Crippen molar-refractivity contribution >= 4 is 43.6 Å². The number of aryl methyl sites for hydroxylation is 1. The van der Waals surface area contributed by atoms with E-state index in [9.17, 15) is 0 Å². The zero-order chi connectivity index (χ0) is 41.9. The second-order valence-corrected chi connectivity index (χ2v) is 16.3. The Balaban J connectivity index is 1.12. The maximum absolute atomic E-state index is 5.28. The minimum absolute atomic E-state index is 0.673. The van der Waals surface area contributed by atoms with E-state index in [2.05, 4.69) is 228 Å². The smallest absolute Gasteiger partial charge is 0.160 e. The van der Waals surface area contributed by atoms with E-state index < -0.39 is 0 Å². The van der Waals surface area contributed by atoms with Gasteiger partial charge in [-0.15, -0.1) is 0 Å². The number of nitrogens with zero attached hydrogens (tertiary/aromatic N) is 4. The highest BCUT2D eigenvalue weighted by Crippen LogP contribution is 2.41. The minimum Gasteiger partial charge on any atom is -0.309 e. The molecule has 0 bridgehead atoms. The predicted molar refractivity (Wildman–Crippen MR) is 263 cm³/mol. The molecule has 0 fully saturated rings. The van der Waals surface area contributed by atoms with Gasteiger partial charge in [0, 0.05) is 49.5 Å². The topological polar surface area (TPSA) is 35.6 Å². The molecule has 0 amide bonds. The molecular weight excluding hydrogens is 765 g/mol. The molecule has 0 radical (unpaired) electrons. The molecule has 12 rings (SSSR count). The van der Waals surface area contributed by atoms with Crippen LogP contribution in [0.3, 0.4) is 0 Å². The average Bonchev–Trinajstić information content (AvgIpc) is 3.87. The van der Waals surface area contributed by atoms with Crippen molar-refractivity contribution in [1.29, 1.82) is 0 Å². The van der Waals surface area contributed by atoms with Gasteiger partial charge in [0.15, 0.2) is 5.82 Å². The van der Waals surface area contributed by atoms with Crippen LogP contribution in [-0.2, 0) is 0 Å². The third-order valence-electron chi connectivity index (χ3n) is 12.4. The summed E-state index contributed by atoms with van der Waals surface area (Å²) in [5, 5.41) is 4.90. The second-order valence-electron chi connectivity index (χ2n) is 16.3. The van der Waals surface area contributed by atoms with Gasteiger partial charge in [-0.25, -0.2) is 9.97 Å². The number of hydrogen-bond acceptors (Lipinski definition) is 2. The Labute approximate surface area is 365 Å². The summed E-state index contributed by atoms with van der Waals surface area (Å²) < 4.78 is 4.83. The summed E-state index contributed by atoms with van der Waals surface area (Å²) in [6.07, 6.45) is 0. The van der Waals surface area contributed by atoms with Crippen LogP contribution in [0.4, 0.5) is 0 Å². The van der Waals surface area contributed by atoms with Crippen molar-refractivity contribution in [2.45, 2.75) is 6.92 Å². The van der Waals surface area contributed by atoms with Crippen molar-refractivity contribution < 1.29 is 0 Å². The standard InChI is InChI=1S/C59H40N4/c1-39-16-14-21-42(34-39)43-30-32-58-51(36-43)49-26-10-13-29-56(49)63(58)57-33-31-45(59-60-52(40-17-4-2-5-18-40)38-53(61-59)41-19-6-3-7-20-41)37-50(57)44-22-15-23-46(35-44)62-54-27-11-8-24-47(54)48-25-9-12-28-55(48)62/h2-38H,1H3. The third-order valence-corrected chi connectivity index (χ3v) is 12.4. The summed E-state index contributed by atoms with van der Waals surface area (Å²) in [4.78, 5) is 10.6. The molecule has 0 aliphatic carbocycles. The molecule has 296 valence electrons. The third kappa shape index (κ3) is 6.31. The summed E-state index contributed by atoms with van der Waals surface area (Å²) in [5.74, 6) is 0.673. The van der Waals surface area contributed by atoms with Gasteiger partial charge in [0.25, 0.3) is 0 Å². The molecule has 3 heterocycles. The summed E-state index contributed by atoms with van der Waals surface area (Å²) in [7, 11) is 0. The van der Waals surface area contributed by atoms with Gasteiger partial charge in [0.2, 0.25) is 0 Å². The van der Waals surface area contributed by atoms with E-state index >= 15 is 0 Å². The van der Waals surface area contributed by atoms with Crippen molar-refractivity contribution in [3.05, 3.63) is 230 Å². The number of aromatic nitrogens is 4. The lowest BCUT2D eigenvalue weighted by molar-refractivity contribution is 1.16. The lowest BCUT2D eigenvalue weighted by Gasteiger charge is -2.17. The van der Waals surface area contributed by atoms with Crippen LogP contribution < -0.4 is 0 Å². The van der Waals surface area contributed by atoms with Gasteiger partial charge < -0.3 is 9.13 Å². The summed E-state index contributed by atoms with van der Waals surface area (Å²) >= 11 is 0. The van der Waals surface area contributed by atoms with Crippen LogP contribution >= 0.6 is 0 Å². The van der Waals surface area contributed by atoms with Gasteiger partial charge in [-0.05, 0) is 90.3 Å². The van der Waals surface area contributed by atoms with Gasteiger partial charge >= 0.3 is 0 Å². The number of rotatable bonds is 7. The molecule has 0 atom stereocenters. The molecule has 0 N–H and O–H groups in total. The molecule has 0 spiro atoms. The number of para-hydroxylation sites is 3. The molecule has 9 aromatic carbocycles. The molecule has 12 aromatic rings. The van der Waals surface area contributed by atoms with Crippen molar-refractivity contribution in [2.75, 3.05) is 0 Å². The van der Waals surface area contributed by atoms with E-state index in [4.69, 9.17) is 9.97 Å². The Kier molecular flexibility index (Phi) is 8.68. The Bertz CT molecular complexity index is 3580. The monoisotopic (exact) mass is 804 g/mol. The first-order valence-electron chi connectivity index (χ1n) is 21.5. The zero-order valence-electron chi connectivity index (χ0n) is 34.7. The van der Waals surface area contributed by atoms with Crippen molar-refractivity contribution in [1.82, 2.24) is 19.1 Å². The fourth-order valence-electron chi connectivity index (χ4n) is 9.44. The lowest BCUT2D eigenvalue weighted by atomic mass is 9.98. The maximum atomic E-state index is 5.28. The highest BCUT2D eigenvalue weighted by atomic mass is 15.0. The molecule has 4 heteroatoms. The molecule has 0 saturated carbocycles. The Hall–Kier alpha value is -8.34. The van der Waals surface area contributed by atoms with Crippen LogP contribution in [0.5, 0.6) is 0 Å². The summed E-state index contributed by atoms with van der Waals surface area (Å²) in [6, 6.07) is 80.4. The van der Waals surface area contributed by atoms with E-state index in [0.29, 0.717) is 5.82 Å². The molecule has 63 heavy (non-hydrogen) atoms. The molecule has 0 saturated heterocycles. The summed E-state index contributed by atoms with van der Waals surface area (Å²) in [5.41, 5.74) is 17.5. The highest BCUT2D eigenvalue weighted by molar-refractivity contribution is 6.11. The quantitative estimate of drug-likeness (QED) is 0.161. The van der Waals surface area contributed by atoms with Crippen LogP contribution in [-0.4, -0.2) is 19.1 Å². The molecule has 0 aliphatic heterocycles. The van der Waals surface area contributed by atoms with Gasteiger partial charge in [-0.2, -0.15) is 0 Å². The Morgan fingerprint density at radius 3 is 1.48 bits per heavy atom. The fraction of sp³-hybridized carbons (Fsp3) is 0.0169. The first-order chi connectivity index (χ1) is 31.1. The van der Waals surface area contributed by atoms with Crippen LogP contribution in [0.25, 0.3) is 111 Å². The van der Waals surface area contributed by atoms with E-state index in [1.807, 2.05) is 12.1 Å². The van der Waals surface area contributed by atoms with Gasteiger partial charge in [-0.3, -0.25) is 0 Å². The van der Waals surface area contributed by atoms with E-state index in [-0.39, 0.29) is 0 Å². The van der Waals surface area contributed by atoms with Crippen molar-refractivity contribution in [3.8, 4) is 67.5 Å². The number of hydrogen-bond donors (Lipinski definition) is 0. The SMILES string of the molecule is Cc1cccc(-c2ccc3c(c2)c2ccccc2n3-c2ccc(-c3nc(-c4ccccc4)cc(-c4ccccc4)n3)cc2-c2cccc(-n3c4ccccc4c4ccccc43)c2)c1. The Morgan fingerprint density at radius 1 is 0.317 bits per heavy atom. The van der Waals surface area contributed by atoms with E-state index in [0.717, 1.165) is 61.6 Å². The number of benzene rings is 9. The fourth-order valence-corrected chi connectivity index (χ4v) is 9.44. The molecular formula is C59H40N4. The van der Waals surface area contributed by atoms with Crippen LogP contribution in [0.1, 0.15) is 5.56 Å². The van der Waals surface area contributed by atoms with Crippen LogP contribution in [0.2, 0.25) is 0 Å². The van der Waals surface area contributed by atoms with E-state index in [1.54, 1.807) is 0 Å². The lowest BCUT2D eigenvalue weighted by Crippen LogP contribution is -2.01. The van der Waals surface area contributed by atoms with Crippen molar-refractivity contribution in [2.24, 2.45) is 0 Å². The maximum Gasteiger partial charge on any atom is 0.160 e. The second kappa shape index (κ2) is 15.0. The first kappa shape index (κ1) is 36.5. The normalized spacial score (nSPS) is 11.6. The first-order valence-corrected chi connectivity index (χ1v) is 21.5. The largest absolute Gasteiger partial charge is 0.309 e.